The van der Waals surface area contributed by atoms with Crippen LogP contribution in [0.2, 0.25) is 0 Å². The second-order valence-electron chi connectivity index (χ2n) is 5.03. The summed E-state index contributed by atoms with van der Waals surface area (Å²) in [5.74, 6) is -3.15. The number of nitrogens with zero attached hydrogens (tertiary/aromatic N) is 1. The molecule has 6 nitrogen and oxygen atoms in total. The van der Waals surface area contributed by atoms with Crippen molar-refractivity contribution in [2.75, 3.05) is 12.8 Å². The Kier molecular flexibility index (Phi) is 4.57. The van der Waals surface area contributed by atoms with E-state index in [2.05, 4.69) is 15.9 Å². The van der Waals surface area contributed by atoms with Crippen molar-refractivity contribution in [3.8, 4) is 0 Å². The van der Waals surface area contributed by atoms with Crippen molar-refractivity contribution in [1.29, 1.82) is 0 Å². The average Bonchev–Trinajstić information content (AvgIpc) is 2.88. The van der Waals surface area contributed by atoms with E-state index < -0.39 is 44.0 Å². The van der Waals surface area contributed by atoms with Gasteiger partial charge in [0.2, 0.25) is 0 Å². The first-order chi connectivity index (χ1) is 10.1. The Bertz CT molecular complexity index is 749. The Morgan fingerprint density at radius 2 is 2.05 bits per heavy atom. The van der Waals surface area contributed by atoms with E-state index in [9.17, 15) is 22.4 Å². The van der Waals surface area contributed by atoms with E-state index in [4.69, 9.17) is 5.11 Å². The van der Waals surface area contributed by atoms with Gasteiger partial charge in [0, 0.05) is 17.3 Å². The Morgan fingerprint density at radius 1 is 1.41 bits per heavy atom. The molecular weight excluding hydrogens is 381 g/mol. The fourth-order valence-electron chi connectivity index (χ4n) is 2.41. The van der Waals surface area contributed by atoms with Gasteiger partial charge in [0.25, 0.3) is 5.91 Å². The lowest BCUT2D eigenvalue weighted by Crippen LogP contribution is -2.40. The Balaban J connectivity index is 2.51. The SMILES string of the molecule is CS(=O)(=O)c1cc(Br)cc(C(=O)N2CCC[C@@H]2C(=O)O)c1F. The minimum atomic E-state index is -3.86. The molecule has 1 heterocycles. The molecule has 0 aromatic heterocycles. The molecule has 1 saturated heterocycles. The summed E-state index contributed by atoms with van der Waals surface area (Å²) in [5.41, 5.74) is -0.456. The first-order valence-corrected chi connectivity index (χ1v) is 9.04. The maximum atomic E-state index is 14.4. The molecule has 1 fully saturated rings. The third-order valence-corrected chi connectivity index (χ3v) is 4.99. The summed E-state index contributed by atoms with van der Waals surface area (Å²) < 4.78 is 37.8. The summed E-state index contributed by atoms with van der Waals surface area (Å²) in [6, 6.07) is 1.21. The van der Waals surface area contributed by atoms with E-state index in [1.807, 2.05) is 0 Å². The molecule has 0 bridgehead atoms. The highest BCUT2D eigenvalue weighted by Crippen LogP contribution is 2.27. The van der Waals surface area contributed by atoms with Crippen LogP contribution in [0.15, 0.2) is 21.5 Å². The summed E-state index contributed by atoms with van der Waals surface area (Å²) in [5, 5.41) is 9.09. The van der Waals surface area contributed by atoms with Crippen LogP contribution in [0.5, 0.6) is 0 Å². The molecule has 0 aliphatic carbocycles. The van der Waals surface area contributed by atoms with Crippen LogP contribution in [0.4, 0.5) is 4.39 Å². The van der Waals surface area contributed by atoms with Crippen molar-refractivity contribution in [2.24, 2.45) is 0 Å². The Labute approximate surface area is 135 Å². The first kappa shape index (κ1) is 16.9. The number of carbonyl (C=O) groups is 2. The molecule has 120 valence electrons. The zero-order valence-corrected chi connectivity index (χ0v) is 13.9. The number of rotatable bonds is 3. The third kappa shape index (κ3) is 3.14. The number of amides is 1. The van der Waals surface area contributed by atoms with Crippen molar-refractivity contribution in [3.05, 3.63) is 28.0 Å². The summed E-state index contributed by atoms with van der Waals surface area (Å²) in [4.78, 5) is 24.0. The maximum Gasteiger partial charge on any atom is 0.326 e. The van der Waals surface area contributed by atoms with E-state index in [0.29, 0.717) is 6.42 Å². The van der Waals surface area contributed by atoms with E-state index in [-0.39, 0.29) is 17.4 Å². The molecule has 2 rings (SSSR count). The van der Waals surface area contributed by atoms with Crippen molar-refractivity contribution in [3.63, 3.8) is 0 Å². The van der Waals surface area contributed by atoms with Crippen LogP contribution in [-0.4, -0.2) is 49.1 Å². The number of hydrogen-bond donors (Lipinski definition) is 1. The average molecular weight is 394 g/mol. The minimum Gasteiger partial charge on any atom is -0.480 e. The number of carboxylic acid groups (broad SMARTS) is 1. The minimum absolute atomic E-state index is 0.190. The molecule has 22 heavy (non-hydrogen) atoms. The van der Waals surface area contributed by atoms with Crippen molar-refractivity contribution in [2.45, 2.75) is 23.8 Å². The highest BCUT2D eigenvalue weighted by Gasteiger charge is 2.36. The molecule has 1 aliphatic rings. The van der Waals surface area contributed by atoms with Crippen LogP contribution in [0, 0.1) is 5.82 Å². The number of carbonyl (C=O) groups excluding carboxylic acids is 1. The van der Waals surface area contributed by atoms with Gasteiger partial charge >= 0.3 is 5.97 Å². The number of benzene rings is 1. The number of sulfone groups is 1. The zero-order chi connectivity index (χ0) is 16.7. The topological polar surface area (TPSA) is 91.8 Å². The molecule has 1 atom stereocenters. The number of hydrogen-bond acceptors (Lipinski definition) is 4. The normalized spacial score (nSPS) is 18.5. The van der Waals surface area contributed by atoms with Crippen molar-refractivity contribution >= 4 is 37.6 Å². The lowest BCUT2D eigenvalue weighted by atomic mass is 10.1. The van der Waals surface area contributed by atoms with Gasteiger partial charge in [0.1, 0.15) is 10.9 Å². The van der Waals surface area contributed by atoms with Crippen LogP contribution in [0.1, 0.15) is 23.2 Å². The lowest BCUT2D eigenvalue weighted by molar-refractivity contribution is -0.141. The van der Waals surface area contributed by atoms with Crippen LogP contribution in [0.25, 0.3) is 0 Å². The molecular formula is C13H13BrFNO5S. The predicted molar refractivity (Wildman–Crippen MR) is 78.9 cm³/mol. The van der Waals surface area contributed by atoms with Crippen LogP contribution < -0.4 is 0 Å². The van der Waals surface area contributed by atoms with Gasteiger partial charge in [-0.3, -0.25) is 4.79 Å². The summed E-state index contributed by atoms with van der Waals surface area (Å²) in [7, 11) is -3.86. The van der Waals surface area contributed by atoms with E-state index in [1.165, 1.54) is 0 Å². The molecule has 0 radical (unpaired) electrons. The molecule has 1 aromatic carbocycles. The van der Waals surface area contributed by atoms with Gasteiger partial charge in [-0.25, -0.2) is 17.6 Å². The molecule has 1 aromatic rings. The summed E-state index contributed by atoms with van der Waals surface area (Å²) in [6.45, 7) is 0.190. The van der Waals surface area contributed by atoms with Gasteiger partial charge in [0.15, 0.2) is 15.7 Å². The smallest absolute Gasteiger partial charge is 0.326 e. The highest BCUT2D eigenvalue weighted by molar-refractivity contribution is 9.10. The predicted octanol–water partition coefficient (Wildman–Crippen LogP) is 1.68. The van der Waals surface area contributed by atoms with Crippen LogP contribution in [-0.2, 0) is 14.6 Å². The number of aliphatic carboxylic acids is 1. The molecule has 1 N–H and O–H groups in total. The summed E-state index contributed by atoms with van der Waals surface area (Å²) in [6.07, 6.45) is 1.62. The van der Waals surface area contributed by atoms with Gasteiger partial charge in [0.05, 0.1) is 5.56 Å². The van der Waals surface area contributed by atoms with Gasteiger partial charge < -0.3 is 10.0 Å². The lowest BCUT2D eigenvalue weighted by Gasteiger charge is -2.22. The largest absolute Gasteiger partial charge is 0.480 e. The molecule has 1 aliphatic heterocycles. The van der Waals surface area contributed by atoms with Gasteiger partial charge in [-0.2, -0.15) is 0 Å². The Morgan fingerprint density at radius 3 is 2.59 bits per heavy atom. The maximum absolute atomic E-state index is 14.4. The Hall–Kier alpha value is -1.48. The zero-order valence-electron chi connectivity index (χ0n) is 11.5. The quantitative estimate of drug-likeness (QED) is 0.843. The molecule has 9 heteroatoms. The fraction of sp³-hybridized carbons (Fsp3) is 0.385. The van der Waals surface area contributed by atoms with E-state index >= 15 is 0 Å². The highest BCUT2D eigenvalue weighted by atomic mass is 79.9. The second kappa shape index (κ2) is 5.96. The molecule has 0 unspecified atom stereocenters. The number of carboxylic acids is 1. The van der Waals surface area contributed by atoms with Crippen molar-refractivity contribution < 1.29 is 27.5 Å². The molecule has 1 amide bonds. The molecule has 0 spiro atoms. The third-order valence-electron chi connectivity index (χ3n) is 3.43. The van der Waals surface area contributed by atoms with Gasteiger partial charge in [-0.05, 0) is 25.0 Å². The van der Waals surface area contributed by atoms with Crippen LogP contribution in [0.3, 0.4) is 0 Å². The van der Waals surface area contributed by atoms with Gasteiger partial charge in [-0.15, -0.1) is 0 Å². The number of likely N-dealkylation sites (tertiary alicyclic amines) is 1. The fourth-order valence-corrected chi connectivity index (χ4v) is 3.80. The van der Waals surface area contributed by atoms with Crippen LogP contribution >= 0.6 is 15.9 Å². The monoisotopic (exact) mass is 393 g/mol. The van der Waals surface area contributed by atoms with E-state index in [0.717, 1.165) is 23.3 Å². The van der Waals surface area contributed by atoms with Crippen molar-refractivity contribution in [1.82, 2.24) is 4.90 Å². The standard InChI is InChI=1S/C13H13BrFNO5S/c1-22(20,21)10-6-7(14)5-8(11(10)15)12(17)16-4-2-3-9(16)13(18)19/h5-6,9H,2-4H2,1H3,(H,18,19)/t9-/m1/s1. The second-order valence-corrected chi connectivity index (χ2v) is 7.93. The van der Waals surface area contributed by atoms with E-state index in [1.54, 1.807) is 0 Å². The molecule has 0 saturated carbocycles. The summed E-state index contributed by atoms with van der Waals surface area (Å²) >= 11 is 3.04. The van der Waals surface area contributed by atoms with Gasteiger partial charge in [-0.1, -0.05) is 15.9 Å². The number of halogens is 2. The first-order valence-electron chi connectivity index (χ1n) is 6.36.